The van der Waals surface area contributed by atoms with E-state index in [0.717, 1.165) is 40.8 Å². The van der Waals surface area contributed by atoms with Crippen molar-refractivity contribution in [3.8, 4) is 11.5 Å². The van der Waals surface area contributed by atoms with Gasteiger partial charge in [0.2, 0.25) is 5.91 Å². The number of benzene rings is 2. The maximum absolute atomic E-state index is 13.0. The summed E-state index contributed by atoms with van der Waals surface area (Å²) in [4.78, 5) is 30.8. The summed E-state index contributed by atoms with van der Waals surface area (Å²) in [7, 11) is 3.26. The van der Waals surface area contributed by atoms with E-state index >= 15 is 0 Å². The third-order valence-corrected chi connectivity index (χ3v) is 6.63. The number of likely N-dealkylation sites (tertiary alicyclic amines) is 1. The summed E-state index contributed by atoms with van der Waals surface area (Å²) < 4.78 is 10.4. The highest BCUT2D eigenvalue weighted by Crippen LogP contribution is 2.27. The van der Waals surface area contributed by atoms with Crippen molar-refractivity contribution < 1.29 is 19.1 Å². The van der Waals surface area contributed by atoms with Crippen molar-refractivity contribution in [1.82, 2.24) is 15.2 Å². The number of amides is 2. The van der Waals surface area contributed by atoms with Crippen LogP contribution in [0.2, 0.25) is 0 Å². The van der Waals surface area contributed by atoms with Gasteiger partial charge in [-0.3, -0.25) is 9.59 Å². The van der Waals surface area contributed by atoms with Gasteiger partial charge < -0.3 is 24.7 Å². The monoisotopic (exact) mass is 449 g/mol. The average Bonchev–Trinajstić information content (AvgIpc) is 3.30. The van der Waals surface area contributed by atoms with Crippen LogP contribution < -0.4 is 14.8 Å². The van der Waals surface area contributed by atoms with Crippen molar-refractivity contribution in [3.63, 3.8) is 0 Å². The lowest BCUT2D eigenvalue weighted by molar-refractivity contribution is -0.126. The summed E-state index contributed by atoms with van der Waals surface area (Å²) in [5.74, 6) is 1.77. The molecule has 2 amide bonds. The van der Waals surface area contributed by atoms with Crippen molar-refractivity contribution in [3.05, 3.63) is 59.8 Å². The number of rotatable bonds is 7. The maximum Gasteiger partial charge on any atom is 0.270 e. The fourth-order valence-corrected chi connectivity index (χ4v) is 4.43. The molecule has 1 atom stereocenters. The Bertz CT molecular complexity index is 1110. The zero-order chi connectivity index (χ0) is 23.4. The van der Waals surface area contributed by atoms with Gasteiger partial charge in [0.05, 0.1) is 14.2 Å². The molecule has 1 unspecified atom stereocenters. The lowest BCUT2D eigenvalue weighted by Crippen LogP contribution is -2.42. The minimum absolute atomic E-state index is 0.000210. The second kappa shape index (κ2) is 9.98. The van der Waals surface area contributed by atoms with Gasteiger partial charge in [0.1, 0.15) is 17.2 Å². The van der Waals surface area contributed by atoms with Gasteiger partial charge in [0.15, 0.2) is 0 Å². The Morgan fingerprint density at radius 3 is 2.36 bits per heavy atom. The summed E-state index contributed by atoms with van der Waals surface area (Å²) in [5.41, 5.74) is 2.50. The number of fused-ring (bicyclic) bond motifs is 1. The van der Waals surface area contributed by atoms with Crippen molar-refractivity contribution in [2.75, 3.05) is 27.3 Å². The number of piperidine rings is 1. The van der Waals surface area contributed by atoms with Gasteiger partial charge in [-0.15, -0.1) is 0 Å². The molecule has 1 fully saturated rings. The summed E-state index contributed by atoms with van der Waals surface area (Å²) in [6.45, 7) is 3.78. The molecule has 7 nitrogen and oxygen atoms in total. The number of H-pyrrole nitrogens is 1. The van der Waals surface area contributed by atoms with Gasteiger partial charge in [0, 0.05) is 42.5 Å². The van der Waals surface area contributed by atoms with Crippen LogP contribution in [0.3, 0.4) is 0 Å². The topological polar surface area (TPSA) is 83.7 Å². The highest BCUT2D eigenvalue weighted by Gasteiger charge is 2.30. The van der Waals surface area contributed by atoms with E-state index in [1.54, 1.807) is 14.2 Å². The summed E-state index contributed by atoms with van der Waals surface area (Å²) >= 11 is 0. The van der Waals surface area contributed by atoms with Gasteiger partial charge in [0.25, 0.3) is 5.91 Å². The number of nitrogens with zero attached hydrogens (tertiary/aromatic N) is 1. The second-order valence-corrected chi connectivity index (χ2v) is 8.62. The first-order valence-corrected chi connectivity index (χ1v) is 11.3. The Morgan fingerprint density at radius 1 is 1.03 bits per heavy atom. The van der Waals surface area contributed by atoms with Gasteiger partial charge in [-0.05, 0) is 54.7 Å². The van der Waals surface area contributed by atoms with Crippen LogP contribution in [0.15, 0.2) is 48.5 Å². The molecule has 3 aromatic rings. The number of carbonyl (C=O) groups is 2. The summed E-state index contributed by atoms with van der Waals surface area (Å²) in [5, 5.41) is 4.02. The first kappa shape index (κ1) is 22.7. The van der Waals surface area contributed by atoms with E-state index in [9.17, 15) is 9.59 Å². The normalized spacial score (nSPS) is 15.3. The number of aromatic amines is 1. The summed E-state index contributed by atoms with van der Waals surface area (Å²) in [6.07, 6.45) is 1.63. The zero-order valence-electron chi connectivity index (χ0n) is 19.4. The quantitative estimate of drug-likeness (QED) is 0.571. The minimum Gasteiger partial charge on any atom is -0.497 e. The molecule has 1 aliphatic rings. The molecule has 2 aromatic carbocycles. The van der Waals surface area contributed by atoms with Gasteiger partial charge in [-0.1, -0.05) is 19.1 Å². The van der Waals surface area contributed by atoms with Crippen LogP contribution in [0.1, 0.15) is 35.8 Å². The number of nitrogens with one attached hydrogen (secondary N) is 2. The Hall–Kier alpha value is -3.48. The lowest BCUT2D eigenvalue weighted by atomic mass is 9.84. The van der Waals surface area contributed by atoms with Crippen LogP contribution in [0.25, 0.3) is 10.9 Å². The second-order valence-electron chi connectivity index (χ2n) is 8.62. The molecule has 7 heteroatoms. The molecule has 4 rings (SSSR count). The molecule has 1 aromatic heterocycles. The highest BCUT2D eigenvalue weighted by molar-refractivity contribution is 5.98. The summed E-state index contributed by atoms with van der Waals surface area (Å²) in [6, 6.07) is 15.3. The molecule has 2 heterocycles. The Morgan fingerprint density at radius 2 is 1.70 bits per heavy atom. The molecule has 0 aliphatic carbocycles. The van der Waals surface area contributed by atoms with E-state index < -0.39 is 0 Å². The molecule has 0 spiro atoms. The van der Waals surface area contributed by atoms with Crippen LogP contribution >= 0.6 is 0 Å². The standard InChI is InChI=1S/C26H31N3O4/c1-17(25(30)27-16-18-4-7-21(32-2)8-5-18)19-10-12-29(13-11-19)26(31)24-14-20-6-9-22(33-3)15-23(20)28-24/h4-9,14-15,17,19,28H,10-13,16H2,1-3H3,(H,27,30). The first-order valence-electron chi connectivity index (χ1n) is 11.3. The number of methoxy groups -OCH3 is 2. The highest BCUT2D eigenvalue weighted by atomic mass is 16.5. The molecular formula is C26H31N3O4. The molecule has 0 bridgehead atoms. The Labute approximate surface area is 194 Å². The first-order chi connectivity index (χ1) is 16.0. The van der Waals surface area contributed by atoms with Gasteiger partial charge in [-0.2, -0.15) is 0 Å². The van der Waals surface area contributed by atoms with Crippen molar-refractivity contribution in [2.45, 2.75) is 26.3 Å². The van der Waals surface area contributed by atoms with Crippen molar-refractivity contribution in [1.29, 1.82) is 0 Å². The van der Waals surface area contributed by atoms with E-state index in [0.29, 0.717) is 25.3 Å². The van der Waals surface area contributed by atoms with Crippen molar-refractivity contribution >= 4 is 22.7 Å². The smallest absolute Gasteiger partial charge is 0.270 e. The predicted molar refractivity (Wildman–Crippen MR) is 127 cm³/mol. The number of hydrogen-bond donors (Lipinski definition) is 2. The van der Waals surface area contributed by atoms with Crippen LogP contribution in [0.5, 0.6) is 11.5 Å². The average molecular weight is 450 g/mol. The molecule has 0 saturated carbocycles. The lowest BCUT2D eigenvalue weighted by Gasteiger charge is -2.34. The van der Waals surface area contributed by atoms with Gasteiger partial charge in [-0.25, -0.2) is 0 Å². The van der Waals surface area contributed by atoms with Crippen LogP contribution in [0, 0.1) is 11.8 Å². The molecule has 0 radical (unpaired) electrons. The Balaban J connectivity index is 1.29. The predicted octanol–water partition coefficient (Wildman–Crippen LogP) is 3.99. The van der Waals surface area contributed by atoms with E-state index in [2.05, 4.69) is 10.3 Å². The third-order valence-electron chi connectivity index (χ3n) is 6.63. The molecule has 33 heavy (non-hydrogen) atoms. The molecule has 174 valence electrons. The molecule has 1 aliphatic heterocycles. The SMILES string of the molecule is COc1ccc(CNC(=O)C(C)C2CCN(C(=O)c3cc4ccc(OC)cc4[nH]3)CC2)cc1. The van der Waals surface area contributed by atoms with Crippen LogP contribution in [-0.2, 0) is 11.3 Å². The number of hydrogen-bond acceptors (Lipinski definition) is 4. The van der Waals surface area contributed by atoms with Crippen molar-refractivity contribution in [2.24, 2.45) is 11.8 Å². The number of carbonyl (C=O) groups excluding carboxylic acids is 2. The van der Waals surface area contributed by atoms with E-state index in [-0.39, 0.29) is 23.7 Å². The van der Waals surface area contributed by atoms with Gasteiger partial charge >= 0.3 is 0 Å². The fourth-order valence-electron chi connectivity index (χ4n) is 4.43. The molecule has 2 N–H and O–H groups in total. The minimum atomic E-state index is -0.0963. The molecular weight excluding hydrogens is 418 g/mol. The van der Waals surface area contributed by atoms with E-state index in [1.165, 1.54) is 0 Å². The largest absolute Gasteiger partial charge is 0.497 e. The van der Waals surface area contributed by atoms with E-state index in [1.807, 2.05) is 60.4 Å². The van der Waals surface area contributed by atoms with Crippen LogP contribution in [0.4, 0.5) is 0 Å². The molecule has 1 saturated heterocycles. The van der Waals surface area contributed by atoms with E-state index in [4.69, 9.17) is 9.47 Å². The van der Waals surface area contributed by atoms with Crippen LogP contribution in [-0.4, -0.2) is 49.0 Å². The Kier molecular flexibility index (Phi) is 6.87. The number of ether oxygens (including phenoxy) is 2. The number of aromatic nitrogens is 1. The third kappa shape index (κ3) is 5.13. The zero-order valence-corrected chi connectivity index (χ0v) is 19.4. The fraction of sp³-hybridized carbons (Fsp3) is 0.385. The maximum atomic E-state index is 13.0.